The Bertz CT molecular complexity index is 426. The van der Waals surface area contributed by atoms with Gasteiger partial charge in [-0.25, -0.2) is 0 Å². The van der Waals surface area contributed by atoms with E-state index in [1.807, 2.05) is 44.1 Å². The van der Waals surface area contributed by atoms with Crippen LogP contribution in [0.25, 0.3) is 0 Å². The number of hydrogen-bond acceptors (Lipinski definition) is 3. The molecule has 3 nitrogen and oxygen atoms in total. The molecule has 1 unspecified atom stereocenters. The summed E-state index contributed by atoms with van der Waals surface area (Å²) in [4.78, 5) is 14.2. The highest BCUT2D eigenvalue weighted by Crippen LogP contribution is 2.23. The number of rotatable bonds is 3. The van der Waals surface area contributed by atoms with Gasteiger partial charge >= 0.3 is 0 Å². The average Bonchev–Trinajstić information content (AvgIpc) is 2.36. The Morgan fingerprint density at radius 3 is 2.88 bits per heavy atom. The van der Waals surface area contributed by atoms with Crippen LogP contribution in [0.3, 0.4) is 0 Å². The zero-order chi connectivity index (χ0) is 12.4. The largest absolute Gasteiger partial charge is 0.385 e. The zero-order valence-corrected chi connectivity index (χ0v) is 10.8. The number of nitrogens with zero attached hydrogens (tertiary/aromatic N) is 1. The summed E-state index contributed by atoms with van der Waals surface area (Å²) in [6, 6.07) is 5.94. The molecule has 0 saturated heterocycles. The van der Waals surface area contributed by atoms with Gasteiger partial charge in [0.2, 0.25) is 0 Å². The second-order valence-electron chi connectivity index (χ2n) is 4.91. The third-order valence-electron chi connectivity index (χ3n) is 3.48. The minimum Gasteiger partial charge on any atom is -0.385 e. The van der Waals surface area contributed by atoms with E-state index >= 15 is 0 Å². The summed E-state index contributed by atoms with van der Waals surface area (Å²) < 4.78 is 0. The molecule has 0 bridgehead atoms. The monoisotopic (exact) mass is 232 g/mol. The van der Waals surface area contributed by atoms with Crippen LogP contribution >= 0.6 is 0 Å². The fourth-order valence-electron chi connectivity index (χ4n) is 2.10. The van der Waals surface area contributed by atoms with Crippen LogP contribution in [0.4, 0.5) is 5.69 Å². The van der Waals surface area contributed by atoms with E-state index in [9.17, 15) is 4.79 Å². The van der Waals surface area contributed by atoms with Gasteiger partial charge in [-0.3, -0.25) is 9.69 Å². The van der Waals surface area contributed by atoms with Gasteiger partial charge in [-0.05, 0) is 57.6 Å². The number of fused-ring (bicyclic) bond motifs is 1. The lowest BCUT2D eigenvalue weighted by atomic mass is 9.97. The summed E-state index contributed by atoms with van der Waals surface area (Å²) in [5.74, 6) is 0.198. The third kappa shape index (κ3) is 2.50. The molecule has 1 aliphatic rings. The Kier molecular flexibility index (Phi) is 3.48. The first-order valence-electron chi connectivity index (χ1n) is 6.17. The Hall–Kier alpha value is -1.35. The summed E-state index contributed by atoms with van der Waals surface area (Å²) >= 11 is 0. The molecule has 17 heavy (non-hydrogen) atoms. The molecule has 0 fully saturated rings. The first-order valence-corrected chi connectivity index (χ1v) is 6.17. The number of carbonyl (C=O) groups excluding carboxylic acids is 1. The van der Waals surface area contributed by atoms with Crippen LogP contribution in [0.5, 0.6) is 0 Å². The van der Waals surface area contributed by atoms with Crippen molar-refractivity contribution in [3.05, 3.63) is 29.3 Å². The molecule has 1 atom stereocenters. The normalized spacial score (nSPS) is 16.2. The predicted molar refractivity (Wildman–Crippen MR) is 70.7 cm³/mol. The summed E-state index contributed by atoms with van der Waals surface area (Å²) in [5, 5.41) is 3.36. The molecule has 0 aromatic heterocycles. The van der Waals surface area contributed by atoms with E-state index in [1.54, 1.807) is 0 Å². The number of aryl methyl sites for hydroxylation is 1. The minimum absolute atomic E-state index is 0.0652. The lowest BCUT2D eigenvalue weighted by molar-refractivity contribution is 0.0890. The summed E-state index contributed by atoms with van der Waals surface area (Å²) in [6.45, 7) is 2.98. The van der Waals surface area contributed by atoms with Crippen LogP contribution in [0, 0.1) is 0 Å². The van der Waals surface area contributed by atoms with Gasteiger partial charge < -0.3 is 5.32 Å². The van der Waals surface area contributed by atoms with Crippen molar-refractivity contribution in [3.63, 3.8) is 0 Å². The molecule has 0 aliphatic carbocycles. The molecular formula is C14H20N2O. The number of likely N-dealkylation sites (N-methyl/N-ethyl adjacent to an activating group) is 1. The fraction of sp³-hybridized carbons (Fsp3) is 0.500. The minimum atomic E-state index is -0.0652. The molecule has 1 heterocycles. The van der Waals surface area contributed by atoms with E-state index in [2.05, 4.69) is 5.32 Å². The Balaban J connectivity index is 2.25. The Morgan fingerprint density at radius 2 is 2.18 bits per heavy atom. The topological polar surface area (TPSA) is 32.3 Å². The van der Waals surface area contributed by atoms with Gasteiger partial charge in [0.05, 0.1) is 6.04 Å². The van der Waals surface area contributed by atoms with Gasteiger partial charge in [-0.2, -0.15) is 0 Å². The van der Waals surface area contributed by atoms with E-state index in [0.29, 0.717) is 0 Å². The van der Waals surface area contributed by atoms with E-state index in [1.165, 1.54) is 11.3 Å². The van der Waals surface area contributed by atoms with E-state index in [-0.39, 0.29) is 11.8 Å². The van der Waals surface area contributed by atoms with Crippen molar-refractivity contribution in [1.29, 1.82) is 0 Å². The smallest absolute Gasteiger partial charge is 0.179 e. The van der Waals surface area contributed by atoms with Crippen molar-refractivity contribution in [3.8, 4) is 0 Å². The first kappa shape index (κ1) is 12.1. The highest BCUT2D eigenvalue weighted by atomic mass is 16.1. The molecule has 1 aromatic rings. The fourth-order valence-corrected chi connectivity index (χ4v) is 2.10. The van der Waals surface area contributed by atoms with Gasteiger partial charge in [0.25, 0.3) is 0 Å². The number of benzene rings is 1. The van der Waals surface area contributed by atoms with Crippen molar-refractivity contribution < 1.29 is 4.79 Å². The number of anilines is 1. The van der Waals surface area contributed by atoms with Crippen LogP contribution in [0.1, 0.15) is 29.3 Å². The van der Waals surface area contributed by atoms with Crippen molar-refractivity contribution in [2.24, 2.45) is 0 Å². The van der Waals surface area contributed by atoms with E-state index in [4.69, 9.17) is 0 Å². The zero-order valence-electron chi connectivity index (χ0n) is 10.8. The quantitative estimate of drug-likeness (QED) is 0.811. The summed E-state index contributed by atoms with van der Waals surface area (Å²) in [6.07, 6.45) is 2.22. The van der Waals surface area contributed by atoms with Crippen molar-refractivity contribution >= 4 is 11.5 Å². The number of ketones is 1. The molecule has 1 aliphatic heterocycles. The van der Waals surface area contributed by atoms with Gasteiger partial charge in [0.15, 0.2) is 5.78 Å². The number of nitrogens with one attached hydrogen (secondary N) is 1. The van der Waals surface area contributed by atoms with Crippen molar-refractivity contribution in [2.75, 3.05) is 26.0 Å². The standard InChI is InChI=1S/C14H20N2O/c1-10(16(2)3)14(17)12-6-7-13-11(9-12)5-4-8-15-13/h6-7,9-10,15H,4-5,8H2,1-3H3. The molecule has 0 radical (unpaired) electrons. The second kappa shape index (κ2) is 4.88. The average molecular weight is 232 g/mol. The van der Waals surface area contributed by atoms with Crippen LogP contribution < -0.4 is 5.32 Å². The van der Waals surface area contributed by atoms with Crippen LogP contribution in [0.15, 0.2) is 18.2 Å². The SMILES string of the molecule is CC(C(=O)c1ccc2c(c1)CCCN2)N(C)C. The molecule has 2 rings (SSSR count). The van der Waals surface area contributed by atoms with Crippen molar-refractivity contribution in [2.45, 2.75) is 25.8 Å². The second-order valence-corrected chi connectivity index (χ2v) is 4.91. The lowest BCUT2D eigenvalue weighted by Crippen LogP contribution is -2.33. The van der Waals surface area contributed by atoms with Gasteiger partial charge in [0, 0.05) is 17.8 Å². The van der Waals surface area contributed by atoms with Gasteiger partial charge in [-0.15, -0.1) is 0 Å². The first-order chi connectivity index (χ1) is 8.09. The van der Waals surface area contributed by atoms with Gasteiger partial charge in [-0.1, -0.05) is 0 Å². The van der Waals surface area contributed by atoms with Crippen molar-refractivity contribution in [1.82, 2.24) is 4.90 Å². The highest BCUT2D eigenvalue weighted by Gasteiger charge is 2.18. The lowest BCUT2D eigenvalue weighted by Gasteiger charge is -2.21. The number of Topliss-reactive ketones (excluding diaryl/α,β-unsaturated/α-hetero) is 1. The predicted octanol–water partition coefficient (Wildman–Crippen LogP) is 2.18. The Labute approximate surface area is 103 Å². The molecule has 3 heteroatoms. The van der Waals surface area contributed by atoms with Crippen LogP contribution in [-0.2, 0) is 6.42 Å². The molecule has 0 saturated carbocycles. The molecule has 1 N–H and O–H groups in total. The Morgan fingerprint density at radius 1 is 1.41 bits per heavy atom. The molecule has 92 valence electrons. The summed E-state index contributed by atoms with van der Waals surface area (Å²) in [7, 11) is 3.87. The molecule has 1 aromatic carbocycles. The maximum atomic E-state index is 12.2. The van der Waals surface area contributed by atoms with E-state index < -0.39 is 0 Å². The molecular weight excluding hydrogens is 212 g/mol. The molecule has 0 spiro atoms. The number of hydrogen-bond donors (Lipinski definition) is 1. The maximum absolute atomic E-state index is 12.2. The third-order valence-corrected chi connectivity index (χ3v) is 3.48. The van der Waals surface area contributed by atoms with E-state index in [0.717, 1.165) is 24.9 Å². The number of carbonyl (C=O) groups is 1. The molecule has 0 amide bonds. The maximum Gasteiger partial charge on any atom is 0.179 e. The summed E-state index contributed by atoms with van der Waals surface area (Å²) in [5.41, 5.74) is 3.28. The van der Waals surface area contributed by atoms with Gasteiger partial charge in [0.1, 0.15) is 0 Å². The van der Waals surface area contributed by atoms with Crippen LogP contribution in [0.2, 0.25) is 0 Å². The van der Waals surface area contributed by atoms with Crippen LogP contribution in [-0.4, -0.2) is 37.4 Å². The highest BCUT2D eigenvalue weighted by molar-refractivity contribution is 6.00.